The quantitative estimate of drug-likeness (QED) is 0.883. The average molecular weight is 303 g/mol. The second-order valence-electron chi connectivity index (χ2n) is 4.83. The van der Waals surface area contributed by atoms with Gasteiger partial charge in [0.1, 0.15) is 0 Å². The summed E-state index contributed by atoms with van der Waals surface area (Å²) in [7, 11) is 0. The van der Waals surface area contributed by atoms with E-state index in [-0.39, 0.29) is 11.9 Å². The van der Waals surface area contributed by atoms with Crippen molar-refractivity contribution in [1.29, 1.82) is 0 Å². The third kappa shape index (κ3) is 3.82. The monoisotopic (exact) mass is 303 g/mol. The molecule has 0 spiro atoms. The number of nitrogens with one attached hydrogen (secondary N) is 1. The number of carbonyl (C=O) groups excluding carboxylic acids is 1. The summed E-state index contributed by atoms with van der Waals surface area (Å²) < 4.78 is 0. The smallest absolute Gasteiger partial charge is 0.253 e. The van der Waals surface area contributed by atoms with Crippen LogP contribution in [0.1, 0.15) is 42.0 Å². The van der Waals surface area contributed by atoms with E-state index in [1.165, 1.54) is 4.88 Å². The molecule has 0 saturated heterocycles. The van der Waals surface area contributed by atoms with Gasteiger partial charge in [-0.2, -0.15) is 0 Å². The fraction of sp³-hybridized carbons (Fsp3) is 0.375. The molecule has 112 valence electrons. The highest BCUT2D eigenvalue weighted by molar-refractivity contribution is 7.09. The summed E-state index contributed by atoms with van der Waals surface area (Å²) in [6.07, 6.45) is 1.87. The summed E-state index contributed by atoms with van der Waals surface area (Å²) in [5.41, 5.74) is 3.50. The molecule has 1 heterocycles. The molecule has 1 aromatic carbocycles. The van der Waals surface area contributed by atoms with E-state index < -0.39 is 0 Å². The van der Waals surface area contributed by atoms with E-state index in [0.29, 0.717) is 0 Å². The number of aromatic nitrogens is 1. The van der Waals surface area contributed by atoms with Crippen LogP contribution in [0.2, 0.25) is 0 Å². The number of anilines is 1. The molecule has 0 radical (unpaired) electrons. The first-order chi connectivity index (χ1) is 10.2. The molecule has 4 nitrogen and oxygen atoms in total. The van der Waals surface area contributed by atoms with Crippen molar-refractivity contribution in [2.24, 2.45) is 0 Å². The van der Waals surface area contributed by atoms with Crippen LogP contribution in [0.4, 0.5) is 5.69 Å². The number of hydrogen-bond donors (Lipinski definition) is 1. The van der Waals surface area contributed by atoms with E-state index in [0.717, 1.165) is 24.3 Å². The van der Waals surface area contributed by atoms with Crippen molar-refractivity contribution < 1.29 is 4.79 Å². The van der Waals surface area contributed by atoms with Gasteiger partial charge in [-0.1, -0.05) is 6.07 Å². The van der Waals surface area contributed by atoms with Crippen molar-refractivity contribution >= 4 is 22.9 Å². The van der Waals surface area contributed by atoms with Crippen LogP contribution in [0.5, 0.6) is 0 Å². The Morgan fingerprint density at radius 1 is 1.38 bits per heavy atom. The normalized spacial score (nSPS) is 12.0. The minimum absolute atomic E-state index is 0.0779. The topological polar surface area (TPSA) is 45.2 Å². The van der Waals surface area contributed by atoms with Crippen molar-refractivity contribution in [2.45, 2.75) is 26.8 Å². The van der Waals surface area contributed by atoms with Gasteiger partial charge in [0, 0.05) is 35.4 Å². The summed E-state index contributed by atoms with van der Waals surface area (Å²) in [6, 6.07) is 7.85. The number of rotatable bonds is 6. The molecule has 0 aliphatic heterocycles. The lowest BCUT2D eigenvalue weighted by atomic mass is 10.1. The van der Waals surface area contributed by atoms with Crippen molar-refractivity contribution in [3.05, 3.63) is 46.4 Å². The largest absolute Gasteiger partial charge is 0.378 e. The van der Waals surface area contributed by atoms with Crippen LogP contribution in [0.3, 0.4) is 0 Å². The van der Waals surface area contributed by atoms with Gasteiger partial charge in [0.05, 0.1) is 11.6 Å². The zero-order valence-electron chi connectivity index (χ0n) is 12.7. The van der Waals surface area contributed by atoms with Crippen molar-refractivity contribution in [2.75, 3.05) is 18.4 Å². The lowest BCUT2D eigenvalue weighted by molar-refractivity contribution is 0.0773. The molecule has 0 fully saturated rings. The maximum absolute atomic E-state index is 12.4. The van der Waals surface area contributed by atoms with Gasteiger partial charge in [-0.3, -0.25) is 9.78 Å². The molecule has 2 aromatic rings. The van der Waals surface area contributed by atoms with Crippen LogP contribution < -0.4 is 5.32 Å². The Bertz CT molecular complexity index is 579. The molecule has 0 aliphatic rings. The van der Waals surface area contributed by atoms with Crippen LogP contribution in [0, 0.1) is 0 Å². The van der Waals surface area contributed by atoms with Crippen LogP contribution in [-0.4, -0.2) is 28.9 Å². The predicted octanol–water partition coefficient (Wildman–Crippen LogP) is 3.80. The van der Waals surface area contributed by atoms with Gasteiger partial charge < -0.3 is 10.2 Å². The Labute approximate surface area is 129 Å². The first-order valence-electron chi connectivity index (χ1n) is 7.20. The predicted molar refractivity (Wildman–Crippen MR) is 87.8 cm³/mol. The standard InChI is InChI=1S/C16H21N3OS/c1-4-19(5-2)16(20)13-7-6-8-14(9-13)18-12(3)15-10-17-11-21-15/h6-12,18H,4-5H2,1-3H3. The van der Waals surface area contributed by atoms with E-state index in [1.807, 2.05) is 54.7 Å². The maximum Gasteiger partial charge on any atom is 0.253 e. The van der Waals surface area contributed by atoms with E-state index in [2.05, 4.69) is 17.2 Å². The first kappa shape index (κ1) is 15.5. The van der Waals surface area contributed by atoms with Gasteiger partial charge in [-0.25, -0.2) is 0 Å². The summed E-state index contributed by atoms with van der Waals surface area (Å²) in [5, 5.41) is 3.41. The zero-order chi connectivity index (χ0) is 15.2. The van der Waals surface area contributed by atoms with Crippen LogP contribution in [-0.2, 0) is 0 Å². The minimum atomic E-state index is 0.0779. The number of carbonyl (C=O) groups is 1. The average Bonchev–Trinajstić information content (AvgIpc) is 3.03. The maximum atomic E-state index is 12.4. The number of amides is 1. The van der Waals surface area contributed by atoms with Crippen LogP contribution >= 0.6 is 11.3 Å². The summed E-state index contributed by atoms with van der Waals surface area (Å²) >= 11 is 1.62. The minimum Gasteiger partial charge on any atom is -0.378 e. The van der Waals surface area contributed by atoms with Gasteiger partial charge >= 0.3 is 0 Å². The van der Waals surface area contributed by atoms with Crippen molar-refractivity contribution in [1.82, 2.24) is 9.88 Å². The van der Waals surface area contributed by atoms with E-state index >= 15 is 0 Å². The summed E-state index contributed by atoms with van der Waals surface area (Å²) in [4.78, 5) is 19.5. The van der Waals surface area contributed by atoms with Gasteiger partial charge in [0.25, 0.3) is 5.91 Å². The molecule has 1 aromatic heterocycles. The molecule has 1 unspecified atom stereocenters. The van der Waals surface area contributed by atoms with Gasteiger partial charge in [-0.05, 0) is 39.0 Å². The van der Waals surface area contributed by atoms with E-state index in [9.17, 15) is 4.79 Å². The molecule has 5 heteroatoms. The molecular weight excluding hydrogens is 282 g/mol. The highest BCUT2D eigenvalue weighted by Gasteiger charge is 2.13. The Morgan fingerprint density at radius 3 is 2.76 bits per heavy atom. The lowest BCUT2D eigenvalue weighted by Crippen LogP contribution is -2.30. The second-order valence-corrected chi connectivity index (χ2v) is 5.75. The zero-order valence-corrected chi connectivity index (χ0v) is 13.5. The highest BCUT2D eigenvalue weighted by Crippen LogP contribution is 2.22. The van der Waals surface area contributed by atoms with Gasteiger partial charge in [-0.15, -0.1) is 11.3 Å². The number of hydrogen-bond acceptors (Lipinski definition) is 4. The third-order valence-corrected chi connectivity index (χ3v) is 4.38. The fourth-order valence-electron chi connectivity index (χ4n) is 2.20. The third-order valence-electron chi connectivity index (χ3n) is 3.42. The summed E-state index contributed by atoms with van der Waals surface area (Å²) in [6.45, 7) is 7.53. The Balaban J connectivity index is 2.12. The summed E-state index contributed by atoms with van der Waals surface area (Å²) in [5.74, 6) is 0.0779. The molecule has 0 bridgehead atoms. The molecule has 0 saturated carbocycles. The van der Waals surface area contributed by atoms with Gasteiger partial charge in [0.15, 0.2) is 0 Å². The Hall–Kier alpha value is -1.88. The Morgan fingerprint density at radius 2 is 2.14 bits per heavy atom. The number of thiazole rings is 1. The lowest BCUT2D eigenvalue weighted by Gasteiger charge is -2.19. The molecule has 1 N–H and O–H groups in total. The molecule has 21 heavy (non-hydrogen) atoms. The van der Waals surface area contributed by atoms with Crippen molar-refractivity contribution in [3.63, 3.8) is 0 Å². The second kappa shape index (κ2) is 7.22. The van der Waals surface area contributed by atoms with E-state index in [1.54, 1.807) is 11.3 Å². The Kier molecular flexibility index (Phi) is 5.33. The molecule has 1 amide bonds. The number of benzene rings is 1. The van der Waals surface area contributed by atoms with Crippen LogP contribution in [0.15, 0.2) is 36.0 Å². The molecule has 1 atom stereocenters. The van der Waals surface area contributed by atoms with Crippen molar-refractivity contribution in [3.8, 4) is 0 Å². The van der Waals surface area contributed by atoms with Crippen LogP contribution in [0.25, 0.3) is 0 Å². The number of nitrogens with zero attached hydrogens (tertiary/aromatic N) is 2. The molecule has 2 rings (SSSR count). The molecule has 0 aliphatic carbocycles. The first-order valence-corrected chi connectivity index (χ1v) is 8.08. The fourth-order valence-corrected chi connectivity index (χ4v) is 2.82. The molecular formula is C16H21N3OS. The van der Waals surface area contributed by atoms with Gasteiger partial charge in [0.2, 0.25) is 0 Å². The SMILES string of the molecule is CCN(CC)C(=O)c1cccc(NC(C)c2cncs2)c1. The van der Waals surface area contributed by atoms with E-state index in [4.69, 9.17) is 0 Å². The highest BCUT2D eigenvalue weighted by atomic mass is 32.1.